The van der Waals surface area contributed by atoms with Crippen molar-refractivity contribution >= 4 is 29.3 Å². The van der Waals surface area contributed by atoms with Gasteiger partial charge in [-0.3, -0.25) is 9.69 Å². The Morgan fingerprint density at radius 3 is 2.52 bits per heavy atom. The summed E-state index contributed by atoms with van der Waals surface area (Å²) in [6, 6.07) is 11.9. The molecule has 1 saturated heterocycles. The summed E-state index contributed by atoms with van der Waals surface area (Å²) in [6.45, 7) is 4.82. The van der Waals surface area contributed by atoms with Crippen LogP contribution in [0.4, 0.5) is 4.39 Å². The van der Waals surface area contributed by atoms with E-state index < -0.39 is 0 Å². The van der Waals surface area contributed by atoms with E-state index in [4.69, 9.17) is 21.7 Å². The summed E-state index contributed by atoms with van der Waals surface area (Å²) in [5.74, 6) is 0.596. The first kappa shape index (κ1) is 20.8. The Labute approximate surface area is 175 Å². The number of hydrogen-bond acceptors (Lipinski definition) is 4. The van der Waals surface area contributed by atoms with Gasteiger partial charge in [-0.05, 0) is 55.9 Å². The van der Waals surface area contributed by atoms with Crippen LogP contribution in [-0.2, 0) is 11.4 Å². The molecule has 0 aromatic heterocycles. The van der Waals surface area contributed by atoms with E-state index in [0.29, 0.717) is 41.0 Å². The van der Waals surface area contributed by atoms with E-state index in [1.165, 1.54) is 6.07 Å². The average Bonchev–Trinajstić information content (AvgIpc) is 2.91. The van der Waals surface area contributed by atoms with Crippen LogP contribution in [0.3, 0.4) is 0 Å². The van der Waals surface area contributed by atoms with Crippen LogP contribution in [0.5, 0.6) is 11.5 Å². The van der Waals surface area contributed by atoms with E-state index in [0.717, 1.165) is 5.56 Å². The van der Waals surface area contributed by atoms with Gasteiger partial charge in [-0.2, -0.15) is 0 Å². The Morgan fingerprint density at radius 1 is 1.10 bits per heavy atom. The summed E-state index contributed by atoms with van der Waals surface area (Å²) in [5.41, 5.74) is 1.74. The highest BCUT2D eigenvalue weighted by Gasteiger charge is 2.34. The Bertz CT molecular complexity index is 961. The summed E-state index contributed by atoms with van der Waals surface area (Å²) >= 11 is 5.33. The van der Waals surface area contributed by atoms with Gasteiger partial charge >= 0.3 is 0 Å². The molecular weight excluding hydrogens is 391 g/mol. The van der Waals surface area contributed by atoms with Crippen molar-refractivity contribution in [3.8, 4) is 11.5 Å². The lowest BCUT2D eigenvalue weighted by molar-refractivity contribution is -0.122. The molecule has 0 saturated carbocycles. The zero-order valence-electron chi connectivity index (χ0n) is 16.6. The minimum atomic E-state index is -0.314. The summed E-state index contributed by atoms with van der Waals surface area (Å²) < 4.78 is 25.3. The molecule has 152 valence electrons. The second kappa shape index (κ2) is 9.05. The molecule has 2 aromatic carbocycles. The molecule has 0 N–H and O–H groups in total. The van der Waals surface area contributed by atoms with Crippen LogP contribution in [0.2, 0.25) is 0 Å². The largest absolute Gasteiger partial charge is 0.490 e. The maximum Gasteiger partial charge on any atom is 0.276 e. The molecule has 1 amide bonds. The van der Waals surface area contributed by atoms with Crippen molar-refractivity contribution in [1.29, 1.82) is 0 Å². The SMILES string of the molecule is CCOc1cc(/C=C2/C(=O)N(CC)C(=S)N2C)ccc1OCc1ccccc1F. The minimum absolute atomic E-state index is 0.0914. The lowest BCUT2D eigenvalue weighted by Gasteiger charge is -2.14. The first-order chi connectivity index (χ1) is 14.0. The van der Waals surface area contributed by atoms with Crippen molar-refractivity contribution in [3.05, 3.63) is 65.1 Å². The molecule has 1 aliphatic rings. The van der Waals surface area contributed by atoms with Gasteiger partial charge in [0.2, 0.25) is 0 Å². The highest BCUT2D eigenvalue weighted by atomic mass is 32.1. The highest BCUT2D eigenvalue weighted by Crippen LogP contribution is 2.31. The molecule has 0 bridgehead atoms. The number of hydrogen-bond donors (Lipinski definition) is 0. The molecule has 29 heavy (non-hydrogen) atoms. The van der Waals surface area contributed by atoms with E-state index in [1.54, 1.807) is 53.3 Å². The Kier molecular flexibility index (Phi) is 6.49. The van der Waals surface area contributed by atoms with Gasteiger partial charge < -0.3 is 14.4 Å². The molecule has 0 atom stereocenters. The molecular formula is C22H23FN2O3S. The zero-order valence-corrected chi connectivity index (χ0v) is 17.5. The number of benzene rings is 2. The number of thiocarbonyl (C=S) groups is 1. The van der Waals surface area contributed by atoms with Crippen molar-refractivity contribution in [2.24, 2.45) is 0 Å². The number of ether oxygens (including phenoxy) is 2. The number of carbonyl (C=O) groups is 1. The van der Waals surface area contributed by atoms with Crippen molar-refractivity contribution in [1.82, 2.24) is 9.80 Å². The van der Waals surface area contributed by atoms with E-state index in [-0.39, 0.29) is 18.3 Å². The van der Waals surface area contributed by atoms with E-state index in [9.17, 15) is 9.18 Å². The third kappa shape index (κ3) is 4.40. The maximum absolute atomic E-state index is 13.8. The van der Waals surface area contributed by atoms with E-state index in [2.05, 4.69) is 0 Å². The fourth-order valence-corrected chi connectivity index (χ4v) is 3.33. The number of amides is 1. The zero-order chi connectivity index (χ0) is 21.0. The Balaban J connectivity index is 1.85. The molecule has 0 aliphatic carbocycles. The summed E-state index contributed by atoms with van der Waals surface area (Å²) in [5, 5.41) is 0.485. The molecule has 0 unspecified atom stereocenters. The van der Waals surface area contributed by atoms with E-state index in [1.807, 2.05) is 19.9 Å². The third-order valence-corrected chi connectivity index (χ3v) is 5.07. The molecule has 7 heteroatoms. The molecule has 0 spiro atoms. The quantitative estimate of drug-likeness (QED) is 0.501. The second-order valence-corrected chi connectivity index (χ2v) is 6.80. The summed E-state index contributed by atoms with van der Waals surface area (Å²) in [4.78, 5) is 15.8. The van der Waals surface area contributed by atoms with Crippen LogP contribution in [0.1, 0.15) is 25.0 Å². The van der Waals surface area contributed by atoms with Crippen LogP contribution in [0.25, 0.3) is 6.08 Å². The van der Waals surface area contributed by atoms with Crippen LogP contribution >= 0.6 is 12.2 Å². The monoisotopic (exact) mass is 414 g/mol. The molecule has 1 aliphatic heterocycles. The average molecular weight is 415 g/mol. The molecule has 1 fully saturated rings. The van der Waals surface area contributed by atoms with Crippen molar-refractivity contribution < 1.29 is 18.7 Å². The predicted molar refractivity (Wildman–Crippen MR) is 114 cm³/mol. The van der Waals surface area contributed by atoms with Crippen LogP contribution in [0, 0.1) is 5.82 Å². The Morgan fingerprint density at radius 2 is 1.86 bits per heavy atom. The topological polar surface area (TPSA) is 42.0 Å². The summed E-state index contributed by atoms with van der Waals surface area (Å²) in [6.07, 6.45) is 1.77. The number of rotatable bonds is 7. The number of nitrogens with zero attached hydrogens (tertiary/aromatic N) is 2. The van der Waals surface area contributed by atoms with Gasteiger partial charge in [0.15, 0.2) is 16.6 Å². The highest BCUT2D eigenvalue weighted by molar-refractivity contribution is 7.80. The Hall–Kier alpha value is -2.93. The predicted octanol–water partition coefficient (Wildman–Crippen LogP) is 4.22. The summed E-state index contributed by atoms with van der Waals surface area (Å²) in [7, 11) is 1.77. The van der Waals surface area contributed by atoms with Crippen molar-refractivity contribution in [2.75, 3.05) is 20.2 Å². The lowest BCUT2D eigenvalue weighted by Crippen LogP contribution is -2.30. The van der Waals surface area contributed by atoms with Crippen molar-refractivity contribution in [3.63, 3.8) is 0 Å². The third-order valence-electron chi connectivity index (χ3n) is 4.57. The first-order valence-electron chi connectivity index (χ1n) is 9.40. The molecule has 0 radical (unpaired) electrons. The fourth-order valence-electron chi connectivity index (χ4n) is 3.02. The second-order valence-electron chi connectivity index (χ2n) is 6.44. The van der Waals surface area contributed by atoms with Gasteiger partial charge in [-0.25, -0.2) is 4.39 Å². The number of carbonyl (C=O) groups excluding carboxylic acids is 1. The number of halogens is 1. The molecule has 5 nitrogen and oxygen atoms in total. The van der Waals surface area contributed by atoms with Gasteiger partial charge in [0.05, 0.1) is 6.61 Å². The van der Waals surface area contributed by atoms with Gasteiger partial charge in [0.1, 0.15) is 18.1 Å². The van der Waals surface area contributed by atoms with Crippen molar-refractivity contribution in [2.45, 2.75) is 20.5 Å². The van der Waals surface area contributed by atoms with Gasteiger partial charge in [0, 0.05) is 19.2 Å². The standard InChI is InChI=1S/C22H23FN2O3S/c1-4-25-21(26)18(24(3)22(25)29)12-15-10-11-19(20(13-15)27-5-2)28-14-16-8-6-7-9-17(16)23/h6-13H,4-5,14H2,1-3H3/b18-12-. The van der Waals surface area contributed by atoms with Gasteiger partial charge in [0.25, 0.3) is 5.91 Å². The maximum atomic E-state index is 13.8. The van der Waals surface area contributed by atoms with Gasteiger partial charge in [-0.1, -0.05) is 24.3 Å². The van der Waals surface area contributed by atoms with Gasteiger partial charge in [-0.15, -0.1) is 0 Å². The molecule has 3 rings (SSSR count). The molecule has 2 aromatic rings. The minimum Gasteiger partial charge on any atom is -0.490 e. The fraction of sp³-hybridized carbons (Fsp3) is 0.273. The normalized spacial score (nSPS) is 15.4. The first-order valence-corrected chi connectivity index (χ1v) is 9.81. The van der Waals surface area contributed by atoms with Crippen LogP contribution in [0.15, 0.2) is 48.2 Å². The number of likely N-dealkylation sites (N-methyl/N-ethyl adjacent to an activating group) is 2. The van der Waals surface area contributed by atoms with Crippen LogP contribution in [-0.4, -0.2) is 41.0 Å². The smallest absolute Gasteiger partial charge is 0.276 e. The lowest BCUT2D eigenvalue weighted by atomic mass is 10.1. The van der Waals surface area contributed by atoms with Crippen LogP contribution < -0.4 is 9.47 Å². The molecule has 1 heterocycles. The van der Waals surface area contributed by atoms with E-state index >= 15 is 0 Å².